The van der Waals surface area contributed by atoms with E-state index in [1.165, 1.54) is 0 Å². The molecule has 1 nitrogen and oxygen atoms in total. The van der Waals surface area contributed by atoms with E-state index in [1.54, 1.807) is 0 Å². The Morgan fingerprint density at radius 3 is 1.88 bits per heavy atom. The molecular weight excluding hydrogens is 264 g/mol. The van der Waals surface area contributed by atoms with Gasteiger partial charge in [-0.25, -0.2) is 22.0 Å². The minimum Gasteiger partial charge on any atom is -0.341 e. The molecule has 0 saturated carbocycles. The van der Waals surface area contributed by atoms with Crippen LogP contribution in [0.5, 0.6) is 0 Å². The van der Waals surface area contributed by atoms with Crippen molar-refractivity contribution in [3.05, 3.63) is 0 Å². The van der Waals surface area contributed by atoms with Crippen LogP contribution in [0, 0.1) is 0 Å². The van der Waals surface area contributed by atoms with Gasteiger partial charge < -0.3 is 4.74 Å². The first kappa shape index (κ1) is 14.5. The fourth-order valence-corrected chi connectivity index (χ4v) is 1.50. The Balaban J connectivity index is 2.76. The molecule has 102 valence electrons. The van der Waals surface area contributed by atoms with Crippen LogP contribution in [0.25, 0.3) is 0 Å². The summed E-state index contributed by atoms with van der Waals surface area (Å²) in [6, 6.07) is 0. The maximum absolute atomic E-state index is 13.3. The van der Waals surface area contributed by atoms with E-state index in [2.05, 4.69) is 4.74 Å². The molecule has 1 rings (SSSR count). The Hall–Kier alpha value is -0.600. The highest BCUT2D eigenvalue weighted by molar-refractivity contribution is 4.94. The SMILES string of the molecule is FC(F)(F)CC(F)(F)CC1(F)OCCC1(F)F. The Morgan fingerprint density at radius 1 is 1.00 bits per heavy atom. The first-order valence-electron chi connectivity index (χ1n) is 4.52. The summed E-state index contributed by atoms with van der Waals surface area (Å²) in [5.41, 5.74) is 0. The molecule has 0 aromatic rings. The van der Waals surface area contributed by atoms with Crippen molar-refractivity contribution in [2.75, 3.05) is 6.61 Å². The predicted molar refractivity (Wildman–Crippen MR) is 39.6 cm³/mol. The molecule has 9 heteroatoms. The lowest BCUT2D eigenvalue weighted by molar-refractivity contribution is -0.269. The number of hydrogen-bond acceptors (Lipinski definition) is 1. The van der Waals surface area contributed by atoms with E-state index >= 15 is 0 Å². The summed E-state index contributed by atoms with van der Waals surface area (Å²) >= 11 is 0. The normalized spacial score (nSPS) is 29.6. The van der Waals surface area contributed by atoms with E-state index in [1.807, 2.05) is 0 Å². The summed E-state index contributed by atoms with van der Waals surface area (Å²) in [5, 5.41) is 0. The third-order valence-electron chi connectivity index (χ3n) is 2.24. The van der Waals surface area contributed by atoms with Gasteiger partial charge in [0.2, 0.25) is 0 Å². The zero-order chi connectivity index (χ0) is 13.5. The van der Waals surface area contributed by atoms with Gasteiger partial charge in [-0.05, 0) is 0 Å². The van der Waals surface area contributed by atoms with Crippen LogP contribution in [-0.2, 0) is 4.74 Å². The molecule has 0 spiro atoms. The van der Waals surface area contributed by atoms with Gasteiger partial charge in [-0.1, -0.05) is 0 Å². The molecule has 1 atom stereocenters. The van der Waals surface area contributed by atoms with Crippen LogP contribution in [0.3, 0.4) is 0 Å². The molecule has 0 aromatic carbocycles. The van der Waals surface area contributed by atoms with E-state index in [0.29, 0.717) is 0 Å². The van der Waals surface area contributed by atoms with Gasteiger partial charge in [0.25, 0.3) is 11.8 Å². The molecule has 1 fully saturated rings. The lowest BCUT2D eigenvalue weighted by Gasteiger charge is -2.29. The van der Waals surface area contributed by atoms with Crippen LogP contribution < -0.4 is 0 Å². The number of alkyl halides is 8. The Labute approximate surface area is 90.7 Å². The van der Waals surface area contributed by atoms with Crippen LogP contribution in [0.1, 0.15) is 19.3 Å². The molecule has 1 unspecified atom stereocenters. The fraction of sp³-hybridized carbons (Fsp3) is 1.00. The van der Waals surface area contributed by atoms with Gasteiger partial charge >= 0.3 is 12.1 Å². The predicted octanol–water partition coefficient (Wildman–Crippen LogP) is 3.69. The topological polar surface area (TPSA) is 9.23 Å². The number of hydrogen-bond donors (Lipinski definition) is 0. The largest absolute Gasteiger partial charge is 0.394 e. The maximum atomic E-state index is 13.3. The van der Waals surface area contributed by atoms with E-state index in [9.17, 15) is 35.1 Å². The van der Waals surface area contributed by atoms with Crippen molar-refractivity contribution in [2.45, 2.75) is 43.1 Å². The van der Waals surface area contributed by atoms with Crippen LogP contribution in [0.2, 0.25) is 0 Å². The molecule has 1 heterocycles. The molecule has 17 heavy (non-hydrogen) atoms. The lowest BCUT2D eigenvalue weighted by Crippen LogP contribution is -2.46. The van der Waals surface area contributed by atoms with Gasteiger partial charge in [0.05, 0.1) is 13.0 Å². The highest BCUT2D eigenvalue weighted by Gasteiger charge is 2.64. The van der Waals surface area contributed by atoms with E-state index in [0.717, 1.165) is 0 Å². The zero-order valence-electron chi connectivity index (χ0n) is 8.26. The monoisotopic (exact) mass is 272 g/mol. The van der Waals surface area contributed by atoms with Crippen molar-refractivity contribution in [3.8, 4) is 0 Å². The summed E-state index contributed by atoms with van der Waals surface area (Å²) in [6.07, 6.45) is -11.4. The van der Waals surface area contributed by atoms with Crippen molar-refractivity contribution in [2.24, 2.45) is 0 Å². The minimum atomic E-state index is -5.27. The second kappa shape index (κ2) is 3.96. The van der Waals surface area contributed by atoms with Crippen LogP contribution >= 0.6 is 0 Å². The van der Waals surface area contributed by atoms with Crippen molar-refractivity contribution in [1.82, 2.24) is 0 Å². The van der Waals surface area contributed by atoms with Crippen LogP contribution in [0.4, 0.5) is 35.1 Å². The zero-order valence-corrected chi connectivity index (χ0v) is 8.26. The molecule has 0 amide bonds. The second-order valence-electron chi connectivity index (χ2n) is 3.86. The average Bonchev–Trinajstić information content (AvgIpc) is 2.18. The summed E-state index contributed by atoms with van der Waals surface area (Å²) in [4.78, 5) is 0. The summed E-state index contributed by atoms with van der Waals surface area (Å²) in [5.74, 6) is -12.9. The summed E-state index contributed by atoms with van der Waals surface area (Å²) in [6.45, 7) is -0.814. The molecule has 1 aliphatic heterocycles. The van der Waals surface area contributed by atoms with E-state index in [4.69, 9.17) is 0 Å². The van der Waals surface area contributed by atoms with Crippen LogP contribution in [-0.4, -0.2) is 30.5 Å². The summed E-state index contributed by atoms with van der Waals surface area (Å²) in [7, 11) is 0. The van der Waals surface area contributed by atoms with Gasteiger partial charge in [-0.15, -0.1) is 0 Å². The van der Waals surface area contributed by atoms with Gasteiger partial charge in [0, 0.05) is 6.42 Å². The molecule has 0 N–H and O–H groups in total. The van der Waals surface area contributed by atoms with Crippen molar-refractivity contribution in [1.29, 1.82) is 0 Å². The molecular formula is C8H8F8O. The van der Waals surface area contributed by atoms with Crippen LogP contribution in [0.15, 0.2) is 0 Å². The van der Waals surface area contributed by atoms with Gasteiger partial charge in [-0.2, -0.15) is 13.2 Å². The first-order chi connectivity index (χ1) is 7.37. The van der Waals surface area contributed by atoms with Crippen molar-refractivity contribution < 1.29 is 39.9 Å². The fourth-order valence-electron chi connectivity index (χ4n) is 1.50. The van der Waals surface area contributed by atoms with E-state index in [-0.39, 0.29) is 0 Å². The lowest BCUT2D eigenvalue weighted by atomic mass is 10.0. The molecule has 1 saturated heterocycles. The number of ether oxygens (including phenoxy) is 1. The second-order valence-corrected chi connectivity index (χ2v) is 3.86. The highest BCUT2D eigenvalue weighted by atomic mass is 19.4. The Bertz CT molecular complexity index is 286. The van der Waals surface area contributed by atoms with Crippen molar-refractivity contribution in [3.63, 3.8) is 0 Å². The quantitative estimate of drug-likeness (QED) is 0.712. The average molecular weight is 272 g/mol. The molecule has 0 aliphatic carbocycles. The Morgan fingerprint density at radius 2 is 1.53 bits per heavy atom. The summed E-state index contributed by atoms with van der Waals surface area (Å²) < 4.78 is 104. The van der Waals surface area contributed by atoms with Gasteiger partial charge in [0.15, 0.2) is 0 Å². The van der Waals surface area contributed by atoms with E-state index < -0.39 is 49.7 Å². The smallest absolute Gasteiger partial charge is 0.341 e. The molecule has 0 bridgehead atoms. The highest BCUT2D eigenvalue weighted by Crippen LogP contribution is 2.49. The van der Waals surface area contributed by atoms with Gasteiger partial charge in [-0.3, -0.25) is 0 Å². The first-order valence-corrected chi connectivity index (χ1v) is 4.52. The third kappa shape index (κ3) is 3.43. The third-order valence-corrected chi connectivity index (χ3v) is 2.24. The number of halogens is 8. The molecule has 0 radical (unpaired) electrons. The minimum absolute atomic E-state index is 0.814. The number of rotatable bonds is 3. The molecule has 1 aliphatic rings. The Kier molecular flexibility index (Phi) is 3.37. The maximum Gasteiger partial charge on any atom is 0.394 e. The van der Waals surface area contributed by atoms with Gasteiger partial charge in [0.1, 0.15) is 6.42 Å². The standard InChI is InChI=1S/C8H8F8O/c9-5(10,4-8(14,15)16)3-7(13)6(11,12)1-2-17-7/h1-4H2. The molecule has 0 aromatic heterocycles. The van der Waals surface area contributed by atoms with Crippen molar-refractivity contribution >= 4 is 0 Å².